The standard InChI is InChI=1S/C13H28N2/c1-4-14-10-13-6-5-8-15(11-13)9-7-12(2)3/h12-14H,4-11H2,1-3H3. The predicted molar refractivity (Wildman–Crippen MR) is 67.2 cm³/mol. The maximum absolute atomic E-state index is 3.48. The number of rotatable bonds is 6. The van der Waals surface area contributed by atoms with Gasteiger partial charge in [-0.2, -0.15) is 0 Å². The van der Waals surface area contributed by atoms with Gasteiger partial charge in [0.1, 0.15) is 0 Å². The Hall–Kier alpha value is -0.0800. The van der Waals surface area contributed by atoms with Crippen molar-refractivity contribution in [3.8, 4) is 0 Å². The second kappa shape index (κ2) is 7.24. The molecule has 15 heavy (non-hydrogen) atoms. The minimum Gasteiger partial charge on any atom is -0.317 e. The van der Waals surface area contributed by atoms with Crippen LogP contribution in [0.5, 0.6) is 0 Å². The van der Waals surface area contributed by atoms with Gasteiger partial charge in [0.2, 0.25) is 0 Å². The van der Waals surface area contributed by atoms with Crippen LogP contribution >= 0.6 is 0 Å². The average Bonchev–Trinajstić information content (AvgIpc) is 2.24. The first-order valence-corrected chi connectivity index (χ1v) is 6.65. The summed E-state index contributed by atoms with van der Waals surface area (Å²) in [6.07, 6.45) is 4.17. The smallest absolute Gasteiger partial charge is 0.00218 e. The Labute approximate surface area is 95.4 Å². The molecule has 0 radical (unpaired) electrons. The Morgan fingerprint density at radius 3 is 2.87 bits per heavy atom. The molecule has 2 heteroatoms. The maximum Gasteiger partial charge on any atom is 0.00218 e. The first-order valence-electron chi connectivity index (χ1n) is 6.65. The molecule has 1 rings (SSSR count). The largest absolute Gasteiger partial charge is 0.317 e. The second-order valence-corrected chi connectivity index (χ2v) is 5.30. The van der Waals surface area contributed by atoms with E-state index in [9.17, 15) is 0 Å². The Morgan fingerprint density at radius 1 is 1.40 bits per heavy atom. The minimum absolute atomic E-state index is 0.846. The zero-order valence-electron chi connectivity index (χ0n) is 10.8. The highest BCUT2D eigenvalue weighted by Crippen LogP contribution is 2.16. The van der Waals surface area contributed by atoms with E-state index >= 15 is 0 Å². The van der Waals surface area contributed by atoms with Crippen LogP contribution in [0.4, 0.5) is 0 Å². The number of piperidine rings is 1. The van der Waals surface area contributed by atoms with Gasteiger partial charge in [0.25, 0.3) is 0 Å². The number of hydrogen-bond donors (Lipinski definition) is 1. The molecule has 2 nitrogen and oxygen atoms in total. The quantitative estimate of drug-likeness (QED) is 0.727. The SMILES string of the molecule is CCNCC1CCCN(CCC(C)C)C1. The highest BCUT2D eigenvalue weighted by molar-refractivity contribution is 4.74. The summed E-state index contributed by atoms with van der Waals surface area (Å²) in [5.74, 6) is 1.74. The summed E-state index contributed by atoms with van der Waals surface area (Å²) < 4.78 is 0. The molecule has 1 saturated heterocycles. The Balaban J connectivity index is 2.17. The molecule has 0 aromatic carbocycles. The molecule has 1 N–H and O–H groups in total. The van der Waals surface area contributed by atoms with Crippen molar-refractivity contribution in [3.05, 3.63) is 0 Å². The number of hydrogen-bond acceptors (Lipinski definition) is 2. The van der Waals surface area contributed by atoms with E-state index in [1.54, 1.807) is 0 Å². The van der Waals surface area contributed by atoms with Gasteiger partial charge in [0.15, 0.2) is 0 Å². The summed E-state index contributed by atoms with van der Waals surface area (Å²) in [5, 5.41) is 3.48. The van der Waals surface area contributed by atoms with Gasteiger partial charge in [-0.25, -0.2) is 0 Å². The summed E-state index contributed by atoms with van der Waals surface area (Å²) in [6, 6.07) is 0. The molecule has 0 spiro atoms. The van der Waals surface area contributed by atoms with E-state index in [2.05, 4.69) is 31.0 Å². The van der Waals surface area contributed by atoms with Crippen molar-refractivity contribution in [2.45, 2.75) is 40.0 Å². The fourth-order valence-corrected chi connectivity index (χ4v) is 2.31. The lowest BCUT2D eigenvalue weighted by Crippen LogP contribution is -2.40. The first kappa shape index (κ1) is 13.0. The molecular formula is C13H28N2. The lowest BCUT2D eigenvalue weighted by molar-refractivity contribution is 0.165. The zero-order valence-corrected chi connectivity index (χ0v) is 10.8. The Morgan fingerprint density at radius 2 is 2.20 bits per heavy atom. The van der Waals surface area contributed by atoms with E-state index in [1.165, 1.54) is 45.4 Å². The third kappa shape index (κ3) is 5.53. The average molecular weight is 212 g/mol. The van der Waals surface area contributed by atoms with Gasteiger partial charge in [-0.05, 0) is 57.3 Å². The van der Waals surface area contributed by atoms with Crippen LogP contribution in [0.15, 0.2) is 0 Å². The molecule has 0 aliphatic carbocycles. The molecule has 1 heterocycles. The van der Waals surface area contributed by atoms with Crippen LogP contribution in [0.25, 0.3) is 0 Å². The summed E-state index contributed by atoms with van der Waals surface area (Å²) in [7, 11) is 0. The molecule has 1 aliphatic rings. The molecule has 0 amide bonds. The van der Waals surface area contributed by atoms with Crippen LogP contribution in [0.1, 0.15) is 40.0 Å². The maximum atomic E-state index is 3.48. The van der Waals surface area contributed by atoms with E-state index in [4.69, 9.17) is 0 Å². The van der Waals surface area contributed by atoms with Crippen LogP contribution in [0.2, 0.25) is 0 Å². The number of nitrogens with zero attached hydrogens (tertiary/aromatic N) is 1. The zero-order chi connectivity index (χ0) is 11.1. The first-order chi connectivity index (χ1) is 7.22. The summed E-state index contributed by atoms with van der Waals surface area (Å²) in [4.78, 5) is 2.66. The molecule has 1 atom stereocenters. The molecule has 0 bridgehead atoms. The van der Waals surface area contributed by atoms with Crippen molar-refractivity contribution >= 4 is 0 Å². The molecule has 0 aromatic rings. The normalized spacial score (nSPS) is 23.6. The monoisotopic (exact) mass is 212 g/mol. The van der Waals surface area contributed by atoms with Crippen LogP contribution in [0.3, 0.4) is 0 Å². The molecule has 0 saturated carbocycles. The van der Waals surface area contributed by atoms with Gasteiger partial charge in [0, 0.05) is 6.54 Å². The molecule has 1 aliphatic heterocycles. The molecule has 1 unspecified atom stereocenters. The second-order valence-electron chi connectivity index (χ2n) is 5.30. The lowest BCUT2D eigenvalue weighted by Gasteiger charge is -2.33. The van der Waals surface area contributed by atoms with Crippen molar-refractivity contribution in [2.75, 3.05) is 32.7 Å². The van der Waals surface area contributed by atoms with Crippen molar-refractivity contribution in [1.29, 1.82) is 0 Å². The van der Waals surface area contributed by atoms with Gasteiger partial charge in [-0.1, -0.05) is 20.8 Å². The number of nitrogens with one attached hydrogen (secondary N) is 1. The molecule has 1 fully saturated rings. The fraction of sp³-hybridized carbons (Fsp3) is 1.00. The third-order valence-corrected chi connectivity index (χ3v) is 3.31. The van der Waals surface area contributed by atoms with Gasteiger partial charge >= 0.3 is 0 Å². The molecular weight excluding hydrogens is 184 g/mol. The van der Waals surface area contributed by atoms with Crippen molar-refractivity contribution in [3.63, 3.8) is 0 Å². The highest BCUT2D eigenvalue weighted by atomic mass is 15.1. The van der Waals surface area contributed by atoms with Crippen LogP contribution in [-0.4, -0.2) is 37.6 Å². The van der Waals surface area contributed by atoms with E-state index in [-0.39, 0.29) is 0 Å². The highest BCUT2D eigenvalue weighted by Gasteiger charge is 2.18. The summed E-state index contributed by atoms with van der Waals surface area (Å²) >= 11 is 0. The van der Waals surface area contributed by atoms with Crippen molar-refractivity contribution < 1.29 is 0 Å². The van der Waals surface area contributed by atoms with Gasteiger partial charge in [0.05, 0.1) is 0 Å². The molecule has 90 valence electrons. The lowest BCUT2D eigenvalue weighted by atomic mass is 9.97. The van der Waals surface area contributed by atoms with Gasteiger partial charge < -0.3 is 10.2 Å². The van der Waals surface area contributed by atoms with E-state index < -0.39 is 0 Å². The van der Waals surface area contributed by atoms with Crippen LogP contribution < -0.4 is 5.32 Å². The summed E-state index contributed by atoms with van der Waals surface area (Å²) in [5.41, 5.74) is 0. The Kier molecular flexibility index (Phi) is 6.26. The van der Waals surface area contributed by atoms with Gasteiger partial charge in [-0.3, -0.25) is 0 Å². The topological polar surface area (TPSA) is 15.3 Å². The Bertz CT molecular complexity index is 157. The van der Waals surface area contributed by atoms with E-state index in [1.807, 2.05) is 0 Å². The van der Waals surface area contributed by atoms with E-state index in [0.29, 0.717) is 0 Å². The predicted octanol–water partition coefficient (Wildman–Crippen LogP) is 2.35. The van der Waals surface area contributed by atoms with Crippen LogP contribution in [0, 0.1) is 11.8 Å². The van der Waals surface area contributed by atoms with Crippen molar-refractivity contribution in [2.24, 2.45) is 11.8 Å². The third-order valence-electron chi connectivity index (χ3n) is 3.31. The van der Waals surface area contributed by atoms with Crippen molar-refractivity contribution in [1.82, 2.24) is 10.2 Å². The van der Waals surface area contributed by atoms with Gasteiger partial charge in [-0.15, -0.1) is 0 Å². The van der Waals surface area contributed by atoms with E-state index in [0.717, 1.165) is 18.4 Å². The fourth-order valence-electron chi connectivity index (χ4n) is 2.31. The minimum atomic E-state index is 0.846. The molecule has 0 aromatic heterocycles. The van der Waals surface area contributed by atoms with Crippen LogP contribution in [-0.2, 0) is 0 Å². The number of likely N-dealkylation sites (tertiary alicyclic amines) is 1. The summed E-state index contributed by atoms with van der Waals surface area (Å²) in [6.45, 7) is 13.1.